The van der Waals surface area contributed by atoms with Gasteiger partial charge >= 0.3 is 0 Å². The fourth-order valence-corrected chi connectivity index (χ4v) is 6.03. The van der Waals surface area contributed by atoms with Crippen LogP contribution in [-0.4, -0.2) is 71.5 Å². The molecule has 0 bridgehead atoms. The van der Waals surface area contributed by atoms with Gasteiger partial charge in [-0.15, -0.1) is 11.3 Å². The molecule has 1 amide bonds. The largest absolute Gasteiger partial charge is 0.493 e. The van der Waals surface area contributed by atoms with E-state index in [1.54, 1.807) is 11.3 Å². The summed E-state index contributed by atoms with van der Waals surface area (Å²) < 4.78 is 6.14. The molecule has 2 saturated heterocycles. The predicted molar refractivity (Wildman–Crippen MR) is 144 cm³/mol. The molecule has 7 heteroatoms. The normalized spacial score (nSPS) is 19.4. The molecule has 0 spiro atoms. The number of thiophene rings is 1. The lowest BCUT2D eigenvalue weighted by Gasteiger charge is -2.34. The Bertz CT molecular complexity index is 1110. The maximum Gasteiger partial charge on any atom is 0.264 e. The van der Waals surface area contributed by atoms with E-state index < -0.39 is 0 Å². The smallest absolute Gasteiger partial charge is 0.264 e. The van der Waals surface area contributed by atoms with Crippen molar-refractivity contribution in [2.75, 3.05) is 45.9 Å². The maximum absolute atomic E-state index is 12.9. The standard InChI is InChI=1S/C29H36N4O2S/c1-23-10-17-36-28(23)29(34)33-12-3-5-26(21-33)22-35-27-8-6-24(7-9-27)19-31-13-15-32(16-14-31)20-25-4-2-11-30-18-25/h2,4,6-11,17-18,26H,3,5,12-16,19-22H2,1H3/t26-/m0/s1. The Balaban J connectivity index is 1.05. The van der Waals surface area contributed by atoms with Gasteiger partial charge in [-0.3, -0.25) is 19.6 Å². The monoisotopic (exact) mass is 504 g/mol. The van der Waals surface area contributed by atoms with Gasteiger partial charge in [-0.2, -0.15) is 0 Å². The number of aryl methyl sites for hydroxylation is 1. The lowest BCUT2D eigenvalue weighted by atomic mass is 9.98. The van der Waals surface area contributed by atoms with Crippen molar-refractivity contribution in [2.45, 2.75) is 32.9 Å². The van der Waals surface area contributed by atoms with Crippen molar-refractivity contribution in [3.8, 4) is 5.75 Å². The summed E-state index contributed by atoms with van der Waals surface area (Å²) in [5, 5.41) is 2.00. The molecule has 2 aliphatic rings. The number of ether oxygens (including phenoxy) is 1. The van der Waals surface area contributed by atoms with Crippen LogP contribution in [0.5, 0.6) is 5.75 Å². The molecule has 5 rings (SSSR count). The summed E-state index contributed by atoms with van der Waals surface area (Å²) >= 11 is 1.55. The molecule has 0 radical (unpaired) electrons. The number of hydrogen-bond acceptors (Lipinski definition) is 6. The Kier molecular flexibility index (Phi) is 8.31. The van der Waals surface area contributed by atoms with Crippen LogP contribution in [0.4, 0.5) is 0 Å². The molecular weight excluding hydrogens is 468 g/mol. The van der Waals surface area contributed by atoms with Gasteiger partial charge in [0.15, 0.2) is 0 Å². The quantitative estimate of drug-likeness (QED) is 0.445. The average molecular weight is 505 g/mol. The van der Waals surface area contributed by atoms with Gasteiger partial charge < -0.3 is 9.64 Å². The van der Waals surface area contributed by atoms with E-state index in [0.29, 0.717) is 12.5 Å². The molecule has 0 aliphatic carbocycles. The molecule has 1 atom stereocenters. The van der Waals surface area contributed by atoms with Gasteiger partial charge in [0, 0.05) is 70.7 Å². The van der Waals surface area contributed by atoms with E-state index in [1.807, 2.05) is 41.7 Å². The molecule has 6 nitrogen and oxygen atoms in total. The number of carbonyl (C=O) groups is 1. The summed E-state index contributed by atoms with van der Waals surface area (Å²) in [6.07, 6.45) is 5.94. The van der Waals surface area contributed by atoms with Crippen LogP contribution < -0.4 is 4.74 Å². The maximum atomic E-state index is 12.9. The highest BCUT2D eigenvalue weighted by Gasteiger charge is 2.26. The van der Waals surface area contributed by atoms with Crippen molar-refractivity contribution in [2.24, 2.45) is 5.92 Å². The molecule has 0 unspecified atom stereocenters. The minimum Gasteiger partial charge on any atom is -0.493 e. The number of aromatic nitrogens is 1. The van der Waals surface area contributed by atoms with E-state index in [4.69, 9.17) is 4.74 Å². The number of likely N-dealkylation sites (tertiary alicyclic amines) is 1. The SMILES string of the molecule is Cc1ccsc1C(=O)N1CCC[C@H](COc2ccc(CN3CCN(Cc4cccnc4)CC3)cc2)C1. The average Bonchev–Trinajstić information content (AvgIpc) is 3.35. The Hall–Kier alpha value is -2.74. The Morgan fingerprint density at radius 2 is 1.75 bits per heavy atom. The molecule has 4 heterocycles. The molecule has 190 valence electrons. The fraction of sp³-hybridized carbons (Fsp3) is 0.448. The van der Waals surface area contributed by atoms with E-state index in [9.17, 15) is 4.79 Å². The highest BCUT2D eigenvalue weighted by molar-refractivity contribution is 7.12. The van der Waals surface area contributed by atoms with Crippen molar-refractivity contribution < 1.29 is 9.53 Å². The number of nitrogens with zero attached hydrogens (tertiary/aromatic N) is 4. The highest BCUT2D eigenvalue weighted by Crippen LogP contribution is 2.24. The minimum absolute atomic E-state index is 0.175. The summed E-state index contributed by atoms with van der Waals surface area (Å²) in [6.45, 7) is 10.6. The third-order valence-corrected chi connectivity index (χ3v) is 8.28. The molecular formula is C29H36N4O2S. The predicted octanol–water partition coefficient (Wildman–Crippen LogP) is 4.70. The molecule has 2 fully saturated rings. The van der Waals surface area contributed by atoms with Gasteiger partial charge in [0.1, 0.15) is 5.75 Å². The van der Waals surface area contributed by atoms with Crippen molar-refractivity contribution in [3.05, 3.63) is 81.8 Å². The van der Waals surface area contributed by atoms with Gasteiger partial charge in [0.2, 0.25) is 0 Å². The van der Waals surface area contributed by atoms with Crippen LogP contribution in [0, 0.1) is 12.8 Å². The fourth-order valence-electron chi connectivity index (χ4n) is 5.14. The first kappa shape index (κ1) is 24.9. The Labute approximate surface area is 218 Å². The number of rotatable bonds is 8. The number of piperidine rings is 1. The first-order valence-electron chi connectivity index (χ1n) is 13.0. The molecule has 0 saturated carbocycles. The number of amides is 1. The summed E-state index contributed by atoms with van der Waals surface area (Å²) in [4.78, 5) is 25.0. The zero-order chi connectivity index (χ0) is 24.7. The van der Waals surface area contributed by atoms with Crippen LogP contribution >= 0.6 is 11.3 Å². The van der Waals surface area contributed by atoms with E-state index in [2.05, 4.69) is 45.1 Å². The Morgan fingerprint density at radius 1 is 1.00 bits per heavy atom. The van der Waals surface area contributed by atoms with Gasteiger partial charge in [0.05, 0.1) is 11.5 Å². The van der Waals surface area contributed by atoms with Gasteiger partial charge in [-0.25, -0.2) is 0 Å². The number of piperazine rings is 1. The van der Waals surface area contributed by atoms with Crippen LogP contribution in [0.3, 0.4) is 0 Å². The third kappa shape index (κ3) is 6.52. The van der Waals surface area contributed by atoms with Gasteiger partial charge in [0.25, 0.3) is 5.91 Å². The van der Waals surface area contributed by atoms with Crippen LogP contribution in [0.1, 0.15) is 39.2 Å². The van der Waals surface area contributed by atoms with E-state index in [-0.39, 0.29) is 5.91 Å². The van der Waals surface area contributed by atoms with E-state index in [1.165, 1.54) is 11.1 Å². The molecule has 1 aromatic carbocycles. The Morgan fingerprint density at radius 3 is 2.42 bits per heavy atom. The van der Waals surface area contributed by atoms with Crippen LogP contribution in [-0.2, 0) is 13.1 Å². The van der Waals surface area contributed by atoms with Crippen molar-refractivity contribution in [1.82, 2.24) is 19.7 Å². The molecule has 0 N–H and O–H groups in total. The molecule has 2 aliphatic heterocycles. The summed E-state index contributed by atoms with van der Waals surface area (Å²) in [7, 11) is 0. The lowest BCUT2D eigenvalue weighted by Crippen LogP contribution is -2.45. The van der Waals surface area contributed by atoms with Crippen molar-refractivity contribution in [1.29, 1.82) is 0 Å². The second-order valence-electron chi connectivity index (χ2n) is 10.1. The molecule has 3 aromatic rings. The van der Waals surface area contributed by atoms with E-state index >= 15 is 0 Å². The van der Waals surface area contributed by atoms with Crippen LogP contribution in [0.15, 0.2) is 60.2 Å². The second kappa shape index (κ2) is 12.0. The van der Waals surface area contributed by atoms with Gasteiger partial charge in [-0.05, 0) is 66.1 Å². The van der Waals surface area contributed by atoms with Crippen LogP contribution in [0.25, 0.3) is 0 Å². The number of hydrogen-bond donors (Lipinski definition) is 0. The highest BCUT2D eigenvalue weighted by atomic mass is 32.1. The number of carbonyl (C=O) groups excluding carboxylic acids is 1. The van der Waals surface area contributed by atoms with Crippen LogP contribution in [0.2, 0.25) is 0 Å². The lowest BCUT2D eigenvalue weighted by molar-refractivity contribution is 0.0637. The van der Waals surface area contributed by atoms with Crippen molar-refractivity contribution in [3.63, 3.8) is 0 Å². The topological polar surface area (TPSA) is 48.9 Å². The molecule has 2 aromatic heterocycles. The number of pyridine rings is 1. The zero-order valence-corrected chi connectivity index (χ0v) is 22.0. The third-order valence-electron chi connectivity index (χ3n) is 7.27. The first-order valence-corrected chi connectivity index (χ1v) is 13.9. The number of benzene rings is 1. The summed E-state index contributed by atoms with van der Waals surface area (Å²) in [6, 6.07) is 14.7. The van der Waals surface area contributed by atoms with E-state index in [0.717, 1.165) is 81.4 Å². The minimum atomic E-state index is 0.175. The van der Waals surface area contributed by atoms with Gasteiger partial charge in [-0.1, -0.05) is 18.2 Å². The zero-order valence-electron chi connectivity index (χ0n) is 21.1. The summed E-state index contributed by atoms with van der Waals surface area (Å²) in [5.74, 6) is 1.47. The summed E-state index contributed by atoms with van der Waals surface area (Å²) in [5.41, 5.74) is 3.69. The second-order valence-corrected chi connectivity index (χ2v) is 11.0. The first-order chi connectivity index (χ1) is 17.6. The molecule has 36 heavy (non-hydrogen) atoms. The van der Waals surface area contributed by atoms with Crippen molar-refractivity contribution >= 4 is 17.2 Å².